The van der Waals surface area contributed by atoms with Crippen molar-refractivity contribution in [3.8, 4) is 0 Å². The van der Waals surface area contributed by atoms with Crippen LogP contribution in [0.3, 0.4) is 0 Å². The third kappa shape index (κ3) is 2.68. The van der Waals surface area contributed by atoms with Gasteiger partial charge in [0.25, 0.3) is 5.78 Å². The van der Waals surface area contributed by atoms with Crippen LogP contribution < -0.4 is 5.32 Å². The van der Waals surface area contributed by atoms with Crippen LogP contribution in [0, 0.1) is 6.92 Å². The molecule has 0 amide bonds. The van der Waals surface area contributed by atoms with Crippen LogP contribution in [0.2, 0.25) is 0 Å². The van der Waals surface area contributed by atoms with Crippen LogP contribution in [0.25, 0.3) is 5.78 Å². The van der Waals surface area contributed by atoms with Gasteiger partial charge in [0, 0.05) is 16.6 Å². The molecule has 0 aliphatic rings. The molecular weight excluding hydrogens is 306 g/mol. The number of aryl methyl sites for hydroxylation is 1. The van der Waals surface area contributed by atoms with Gasteiger partial charge in [0.2, 0.25) is 0 Å². The monoisotopic (exact) mass is 321 g/mol. The first kappa shape index (κ1) is 13.9. The predicted octanol–water partition coefficient (Wildman–Crippen LogP) is 3.70. The minimum atomic E-state index is 0.0606. The van der Waals surface area contributed by atoms with E-state index in [-0.39, 0.29) is 6.04 Å². The molecule has 114 valence electrons. The lowest BCUT2D eigenvalue weighted by Crippen LogP contribution is -2.14. The highest BCUT2D eigenvalue weighted by Gasteiger charge is 2.17. The lowest BCUT2D eigenvalue weighted by atomic mass is 10.1. The molecule has 0 aliphatic heterocycles. The number of benzene rings is 1. The van der Waals surface area contributed by atoms with Crippen molar-refractivity contribution in [1.82, 2.24) is 19.6 Å². The van der Waals surface area contributed by atoms with Gasteiger partial charge < -0.3 is 5.32 Å². The highest BCUT2D eigenvalue weighted by atomic mass is 32.1. The summed E-state index contributed by atoms with van der Waals surface area (Å²) in [6.45, 7) is 1.96. The van der Waals surface area contributed by atoms with Crippen molar-refractivity contribution < 1.29 is 0 Å². The Balaban J connectivity index is 1.80. The average Bonchev–Trinajstić information content (AvgIpc) is 3.24. The van der Waals surface area contributed by atoms with Crippen LogP contribution in [0.5, 0.6) is 0 Å². The number of nitrogens with one attached hydrogen (secondary N) is 1. The van der Waals surface area contributed by atoms with Gasteiger partial charge in [-0.3, -0.25) is 0 Å². The molecule has 0 saturated carbocycles. The largest absolute Gasteiger partial charge is 0.358 e. The molecule has 1 N–H and O–H groups in total. The quantitative estimate of drug-likeness (QED) is 0.623. The van der Waals surface area contributed by atoms with E-state index in [9.17, 15) is 0 Å². The van der Waals surface area contributed by atoms with E-state index in [1.807, 2.05) is 19.1 Å². The summed E-state index contributed by atoms with van der Waals surface area (Å²) in [6, 6.07) is 16.7. The van der Waals surface area contributed by atoms with Gasteiger partial charge in [0.1, 0.15) is 12.1 Å². The number of nitrogens with zero attached hydrogens (tertiary/aromatic N) is 4. The molecule has 0 unspecified atom stereocenters. The molecule has 3 heterocycles. The van der Waals surface area contributed by atoms with Crippen molar-refractivity contribution in [3.05, 3.63) is 76.4 Å². The molecule has 1 atom stereocenters. The molecular formula is C17H15N5S. The highest BCUT2D eigenvalue weighted by Crippen LogP contribution is 2.29. The Morgan fingerprint density at radius 2 is 2.00 bits per heavy atom. The van der Waals surface area contributed by atoms with Gasteiger partial charge >= 0.3 is 0 Å². The fourth-order valence-corrected chi connectivity index (χ4v) is 3.40. The Bertz CT molecular complexity index is 915. The molecule has 4 rings (SSSR count). The maximum Gasteiger partial charge on any atom is 0.254 e. The van der Waals surface area contributed by atoms with Crippen LogP contribution in [0.4, 0.5) is 5.82 Å². The maximum atomic E-state index is 4.39. The van der Waals surface area contributed by atoms with E-state index >= 15 is 0 Å². The molecule has 1 aromatic carbocycles. The summed E-state index contributed by atoms with van der Waals surface area (Å²) in [5, 5.41) is 9.96. The molecule has 0 aliphatic carbocycles. The Labute approximate surface area is 137 Å². The first-order valence-electron chi connectivity index (χ1n) is 7.33. The third-order valence-electron chi connectivity index (χ3n) is 3.63. The van der Waals surface area contributed by atoms with E-state index in [1.165, 1.54) is 16.8 Å². The normalized spacial score (nSPS) is 12.4. The Kier molecular flexibility index (Phi) is 3.51. The number of fused-ring (bicyclic) bond motifs is 1. The lowest BCUT2D eigenvalue weighted by Gasteiger charge is -2.19. The van der Waals surface area contributed by atoms with Crippen molar-refractivity contribution in [2.75, 3.05) is 5.32 Å². The maximum absolute atomic E-state index is 4.39. The van der Waals surface area contributed by atoms with Crippen LogP contribution in [-0.4, -0.2) is 19.6 Å². The van der Waals surface area contributed by atoms with E-state index in [2.05, 4.69) is 62.2 Å². The molecule has 0 saturated heterocycles. The van der Waals surface area contributed by atoms with Crippen molar-refractivity contribution in [2.24, 2.45) is 0 Å². The number of hydrogen-bond acceptors (Lipinski definition) is 5. The molecule has 3 aromatic heterocycles. The van der Waals surface area contributed by atoms with Gasteiger partial charge in [-0.15, -0.1) is 11.3 Å². The van der Waals surface area contributed by atoms with Gasteiger partial charge in [-0.1, -0.05) is 36.4 Å². The smallest absolute Gasteiger partial charge is 0.254 e. The average molecular weight is 321 g/mol. The number of rotatable bonds is 4. The SMILES string of the molecule is Cc1cc(N[C@@H](c2ccccc2)c2cccs2)n2ncnc2n1. The minimum Gasteiger partial charge on any atom is -0.358 e. The standard InChI is InChI=1S/C17H15N5S/c1-12-10-15(22-17(20-12)18-11-19-22)21-16(14-8-5-9-23-14)13-6-3-2-4-7-13/h2-11,16,21H,1H3/t16-/m0/s1. The number of hydrogen-bond donors (Lipinski definition) is 1. The minimum absolute atomic E-state index is 0.0606. The Hall–Kier alpha value is -2.73. The second kappa shape index (κ2) is 5.81. The number of anilines is 1. The molecule has 0 radical (unpaired) electrons. The topological polar surface area (TPSA) is 55.1 Å². The fourth-order valence-electron chi connectivity index (χ4n) is 2.60. The third-order valence-corrected chi connectivity index (χ3v) is 4.57. The summed E-state index contributed by atoms with van der Waals surface area (Å²) in [4.78, 5) is 9.83. The van der Waals surface area contributed by atoms with E-state index in [0.717, 1.165) is 11.5 Å². The van der Waals surface area contributed by atoms with Gasteiger partial charge in [0.15, 0.2) is 0 Å². The summed E-state index contributed by atoms with van der Waals surface area (Å²) >= 11 is 1.73. The van der Waals surface area contributed by atoms with Crippen LogP contribution in [0.15, 0.2) is 60.2 Å². The van der Waals surface area contributed by atoms with E-state index in [1.54, 1.807) is 15.9 Å². The van der Waals surface area contributed by atoms with Crippen LogP contribution in [0.1, 0.15) is 22.2 Å². The summed E-state index contributed by atoms with van der Waals surface area (Å²) in [6.07, 6.45) is 1.52. The van der Waals surface area contributed by atoms with Crippen molar-refractivity contribution >= 4 is 22.9 Å². The fraction of sp³-hybridized carbons (Fsp3) is 0.118. The zero-order valence-electron chi connectivity index (χ0n) is 12.5. The number of aromatic nitrogens is 4. The van der Waals surface area contributed by atoms with Crippen molar-refractivity contribution in [1.29, 1.82) is 0 Å². The van der Waals surface area contributed by atoms with Crippen LogP contribution in [-0.2, 0) is 0 Å². The summed E-state index contributed by atoms with van der Waals surface area (Å²) in [5.74, 6) is 1.48. The first-order chi connectivity index (χ1) is 11.3. The van der Waals surface area contributed by atoms with Gasteiger partial charge in [0.05, 0.1) is 6.04 Å². The first-order valence-corrected chi connectivity index (χ1v) is 8.21. The van der Waals surface area contributed by atoms with Gasteiger partial charge in [-0.2, -0.15) is 14.6 Å². The van der Waals surface area contributed by atoms with E-state index in [0.29, 0.717) is 5.78 Å². The van der Waals surface area contributed by atoms with E-state index < -0.39 is 0 Å². The second-order valence-corrected chi connectivity index (χ2v) is 6.24. The molecule has 5 nitrogen and oxygen atoms in total. The molecule has 0 bridgehead atoms. The van der Waals surface area contributed by atoms with Crippen molar-refractivity contribution in [3.63, 3.8) is 0 Å². The zero-order chi connectivity index (χ0) is 15.6. The molecule has 0 spiro atoms. The van der Waals surface area contributed by atoms with Gasteiger partial charge in [-0.05, 0) is 23.9 Å². The number of thiophene rings is 1. The Morgan fingerprint density at radius 1 is 1.13 bits per heavy atom. The Morgan fingerprint density at radius 3 is 2.78 bits per heavy atom. The van der Waals surface area contributed by atoms with Crippen LogP contribution >= 0.6 is 11.3 Å². The lowest BCUT2D eigenvalue weighted by molar-refractivity contribution is 0.878. The molecule has 6 heteroatoms. The zero-order valence-corrected chi connectivity index (χ0v) is 13.4. The summed E-state index contributed by atoms with van der Waals surface area (Å²) in [5.41, 5.74) is 2.11. The summed E-state index contributed by atoms with van der Waals surface area (Å²) in [7, 11) is 0. The van der Waals surface area contributed by atoms with Crippen molar-refractivity contribution in [2.45, 2.75) is 13.0 Å². The predicted molar refractivity (Wildman–Crippen MR) is 91.7 cm³/mol. The second-order valence-electron chi connectivity index (χ2n) is 5.26. The van der Waals surface area contributed by atoms with Gasteiger partial charge in [-0.25, -0.2) is 4.98 Å². The molecule has 0 fully saturated rings. The summed E-state index contributed by atoms with van der Waals surface area (Å²) < 4.78 is 1.73. The molecule has 23 heavy (non-hydrogen) atoms. The van der Waals surface area contributed by atoms with E-state index in [4.69, 9.17) is 0 Å². The molecule has 4 aromatic rings. The highest BCUT2D eigenvalue weighted by molar-refractivity contribution is 7.10.